The number of hydrogen-bond acceptors (Lipinski definition) is 4. The lowest BCUT2D eigenvalue weighted by Gasteiger charge is -2.31. The standard InChI is InChI=1S/C31H21N3O/c1-3-4-10-25-20(2)35-31-28(25)14-13-27-26-11-5-6-12-29(26)34(30(27)31)24-9-7-8-21(18-24)22-15-16-33-23(17-22)19-32/h1,4-18,27,30H,2H3/b10-4-. The van der Waals surface area contributed by atoms with Gasteiger partial charge in [0.15, 0.2) is 0 Å². The van der Waals surface area contributed by atoms with E-state index in [1.54, 1.807) is 12.3 Å². The van der Waals surface area contributed by atoms with Crippen molar-refractivity contribution in [3.05, 3.63) is 113 Å². The molecule has 2 unspecified atom stereocenters. The number of fused-ring (bicyclic) bond motifs is 5. The van der Waals surface area contributed by atoms with Crippen molar-refractivity contribution in [3.63, 3.8) is 0 Å². The largest absolute Gasteiger partial charge is 0.463 e. The zero-order valence-corrected chi connectivity index (χ0v) is 19.1. The Labute approximate surface area is 204 Å². The van der Waals surface area contributed by atoms with Crippen molar-refractivity contribution in [3.8, 4) is 29.5 Å². The maximum Gasteiger partial charge on any atom is 0.141 e. The van der Waals surface area contributed by atoms with Crippen LogP contribution in [0.3, 0.4) is 0 Å². The molecule has 2 aromatic carbocycles. The monoisotopic (exact) mass is 451 g/mol. The molecule has 0 saturated heterocycles. The first-order valence-electron chi connectivity index (χ1n) is 11.5. The van der Waals surface area contributed by atoms with Gasteiger partial charge in [-0.2, -0.15) is 5.26 Å². The maximum atomic E-state index is 9.29. The van der Waals surface area contributed by atoms with Crippen molar-refractivity contribution >= 4 is 23.5 Å². The number of aromatic nitrogens is 1. The lowest BCUT2D eigenvalue weighted by Crippen LogP contribution is -2.23. The average molecular weight is 452 g/mol. The van der Waals surface area contributed by atoms with Crippen LogP contribution in [0, 0.1) is 30.6 Å². The Balaban J connectivity index is 1.52. The van der Waals surface area contributed by atoms with E-state index in [0.29, 0.717) is 5.69 Å². The number of hydrogen-bond donors (Lipinski definition) is 0. The lowest BCUT2D eigenvalue weighted by atomic mass is 9.86. The Morgan fingerprint density at radius 1 is 1.09 bits per heavy atom. The van der Waals surface area contributed by atoms with Crippen LogP contribution in [0.4, 0.5) is 11.4 Å². The van der Waals surface area contributed by atoms with Gasteiger partial charge < -0.3 is 9.32 Å². The first kappa shape index (κ1) is 20.8. The normalized spacial score (nSPS) is 17.5. The Morgan fingerprint density at radius 3 is 2.80 bits per heavy atom. The first-order valence-corrected chi connectivity index (χ1v) is 11.5. The van der Waals surface area contributed by atoms with Gasteiger partial charge in [-0.3, -0.25) is 0 Å². The number of benzene rings is 2. The number of pyridine rings is 1. The molecule has 2 aromatic heterocycles. The van der Waals surface area contributed by atoms with E-state index in [-0.39, 0.29) is 12.0 Å². The van der Waals surface area contributed by atoms with Crippen molar-refractivity contribution in [1.29, 1.82) is 5.26 Å². The van der Waals surface area contributed by atoms with Gasteiger partial charge in [-0.1, -0.05) is 48.4 Å². The van der Waals surface area contributed by atoms with Crippen LogP contribution in [0.1, 0.15) is 45.9 Å². The number of nitrogens with zero attached hydrogens (tertiary/aromatic N) is 3. The van der Waals surface area contributed by atoms with E-state index in [2.05, 4.69) is 82.6 Å². The molecule has 0 amide bonds. The summed E-state index contributed by atoms with van der Waals surface area (Å²) in [5.41, 5.74) is 8.00. The van der Waals surface area contributed by atoms with Crippen molar-refractivity contribution < 1.29 is 4.42 Å². The third kappa shape index (κ3) is 3.28. The molecule has 0 spiro atoms. The molecule has 0 bridgehead atoms. The summed E-state index contributed by atoms with van der Waals surface area (Å²) in [5.74, 6) is 4.56. The molecule has 6 rings (SSSR count). The van der Waals surface area contributed by atoms with Crippen LogP contribution in [-0.4, -0.2) is 4.98 Å². The van der Waals surface area contributed by atoms with E-state index in [1.165, 1.54) is 11.3 Å². The Morgan fingerprint density at radius 2 is 1.94 bits per heavy atom. The molecule has 3 heterocycles. The number of nitriles is 1. The molecule has 4 heteroatoms. The molecule has 0 radical (unpaired) electrons. The van der Waals surface area contributed by atoms with Crippen molar-refractivity contribution in [2.45, 2.75) is 18.9 Å². The molecule has 4 aromatic rings. The number of terminal acetylenes is 1. The fourth-order valence-electron chi connectivity index (χ4n) is 5.29. The number of para-hydroxylation sites is 1. The molecule has 4 nitrogen and oxygen atoms in total. The summed E-state index contributed by atoms with van der Waals surface area (Å²) in [5, 5.41) is 9.29. The molecule has 0 N–H and O–H groups in total. The molecule has 1 aliphatic heterocycles. The highest BCUT2D eigenvalue weighted by molar-refractivity contribution is 5.82. The number of anilines is 2. The Bertz CT molecular complexity index is 1610. The van der Waals surface area contributed by atoms with Gasteiger partial charge in [0, 0.05) is 34.6 Å². The van der Waals surface area contributed by atoms with Gasteiger partial charge in [-0.15, -0.1) is 6.42 Å². The quantitative estimate of drug-likeness (QED) is 0.310. The second kappa shape index (κ2) is 8.20. The van der Waals surface area contributed by atoms with E-state index in [9.17, 15) is 5.26 Å². The van der Waals surface area contributed by atoms with Crippen LogP contribution in [-0.2, 0) is 0 Å². The minimum Gasteiger partial charge on any atom is -0.463 e. The molecule has 35 heavy (non-hydrogen) atoms. The van der Waals surface area contributed by atoms with Gasteiger partial charge in [-0.25, -0.2) is 4.98 Å². The minimum absolute atomic E-state index is 0.0126. The number of aryl methyl sites for hydroxylation is 1. The summed E-state index contributed by atoms with van der Waals surface area (Å²) < 4.78 is 6.42. The zero-order chi connectivity index (χ0) is 23.9. The van der Waals surface area contributed by atoms with Crippen LogP contribution >= 0.6 is 0 Å². The average Bonchev–Trinajstić information content (AvgIpc) is 3.41. The lowest BCUT2D eigenvalue weighted by molar-refractivity contribution is 0.434. The van der Waals surface area contributed by atoms with E-state index in [0.717, 1.165) is 39.5 Å². The Hall–Kier alpha value is -4.80. The molecule has 0 saturated carbocycles. The zero-order valence-electron chi connectivity index (χ0n) is 19.1. The highest BCUT2D eigenvalue weighted by atomic mass is 16.3. The van der Waals surface area contributed by atoms with E-state index < -0.39 is 0 Å². The summed E-state index contributed by atoms with van der Waals surface area (Å²) in [6.07, 6.45) is 15.3. The van der Waals surface area contributed by atoms with Crippen molar-refractivity contribution in [1.82, 2.24) is 4.98 Å². The van der Waals surface area contributed by atoms with Crippen LogP contribution in [0.25, 0.3) is 23.3 Å². The SMILES string of the molecule is C#C/C=C\c1c(C)oc2c1C=CC1c3ccccc3N(c3cccc(-c4ccnc(C#N)c4)c3)C21. The molecule has 166 valence electrons. The summed E-state index contributed by atoms with van der Waals surface area (Å²) >= 11 is 0. The van der Waals surface area contributed by atoms with E-state index in [1.807, 2.05) is 25.1 Å². The van der Waals surface area contributed by atoms with Crippen LogP contribution in [0.5, 0.6) is 0 Å². The molecule has 0 fully saturated rings. The van der Waals surface area contributed by atoms with E-state index >= 15 is 0 Å². The van der Waals surface area contributed by atoms with Crippen LogP contribution < -0.4 is 4.90 Å². The molecule has 2 atom stereocenters. The predicted octanol–water partition coefficient (Wildman–Crippen LogP) is 7.17. The van der Waals surface area contributed by atoms with Crippen LogP contribution in [0.2, 0.25) is 0 Å². The molecular weight excluding hydrogens is 430 g/mol. The van der Waals surface area contributed by atoms with Gasteiger partial charge in [0.2, 0.25) is 0 Å². The smallest absolute Gasteiger partial charge is 0.141 e. The minimum atomic E-state index is -0.0126. The second-order valence-corrected chi connectivity index (χ2v) is 8.70. The fraction of sp³-hybridized carbons (Fsp3) is 0.0968. The van der Waals surface area contributed by atoms with Gasteiger partial charge in [0.05, 0.1) is 0 Å². The summed E-state index contributed by atoms with van der Waals surface area (Å²) in [7, 11) is 0. The third-order valence-electron chi connectivity index (χ3n) is 6.79. The van der Waals surface area contributed by atoms with Crippen LogP contribution in [0.15, 0.2) is 83.4 Å². The fourth-order valence-corrected chi connectivity index (χ4v) is 5.29. The molecule has 2 aliphatic rings. The molecular formula is C31H21N3O. The van der Waals surface area contributed by atoms with Crippen molar-refractivity contribution in [2.75, 3.05) is 4.90 Å². The first-order chi connectivity index (χ1) is 17.2. The van der Waals surface area contributed by atoms with Crippen molar-refractivity contribution in [2.24, 2.45) is 0 Å². The van der Waals surface area contributed by atoms with Gasteiger partial charge >= 0.3 is 0 Å². The number of rotatable bonds is 3. The maximum absolute atomic E-state index is 9.29. The molecule has 1 aliphatic carbocycles. The highest BCUT2D eigenvalue weighted by Gasteiger charge is 2.44. The number of furan rings is 1. The van der Waals surface area contributed by atoms with E-state index in [4.69, 9.17) is 10.8 Å². The number of allylic oxidation sites excluding steroid dienone is 1. The predicted molar refractivity (Wildman–Crippen MR) is 139 cm³/mol. The third-order valence-corrected chi connectivity index (χ3v) is 6.79. The highest BCUT2D eigenvalue weighted by Crippen LogP contribution is 2.56. The second-order valence-electron chi connectivity index (χ2n) is 8.70. The summed E-state index contributed by atoms with van der Waals surface area (Å²) in [4.78, 5) is 6.49. The topological polar surface area (TPSA) is 53.1 Å². The Kier molecular flexibility index (Phi) is 4.87. The summed E-state index contributed by atoms with van der Waals surface area (Å²) in [6.45, 7) is 1.99. The summed E-state index contributed by atoms with van der Waals surface area (Å²) in [6, 6.07) is 22.8. The van der Waals surface area contributed by atoms with Gasteiger partial charge in [0.1, 0.15) is 29.3 Å². The van der Waals surface area contributed by atoms with Gasteiger partial charge in [0.25, 0.3) is 0 Å². The van der Waals surface area contributed by atoms with Gasteiger partial charge in [-0.05, 0) is 66.1 Å².